The molecule has 0 amide bonds. The monoisotopic (exact) mass is 299 g/mol. The van der Waals surface area contributed by atoms with Crippen LogP contribution in [0.3, 0.4) is 0 Å². The Hall–Kier alpha value is -1.45. The minimum atomic E-state index is -0.373. The van der Waals surface area contributed by atoms with Crippen molar-refractivity contribution in [3.63, 3.8) is 0 Å². The first kappa shape index (κ1) is 14.0. The zero-order valence-corrected chi connectivity index (χ0v) is 11.7. The SMILES string of the molecule is COc1cccc(CNc2ccc(Cl)cc2Cl)c1F. The Morgan fingerprint density at radius 1 is 1.21 bits per heavy atom. The van der Waals surface area contributed by atoms with Crippen molar-refractivity contribution in [2.24, 2.45) is 0 Å². The molecule has 5 heteroatoms. The summed E-state index contributed by atoms with van der Waals surface area (Å²) in [5, 5.41) is 4.12. The molecule has 0 heterocycles. The summed E-state index contributed by atoms with van der Waals surface area (Å²) in [6.45, 7) is 0.310. The predicted molar refractivity (Wildman–Crippen MR) is 76.7 cm³/mol. The average molecular weight is 300 g/mol. The molecule has 0 bridgehead atoms. The van der Waals surface area contributed by atoms with Gasteiger partial charge in [0.1, 0.15) is 0 Å². The van der Waals surface area contributed by atoms with Crippen molar-refractivity contribution in [3.05, 3.63) is 57.8 Å². The van der Waals surface area contributed by atoms with Crippen molar-refractivity contribution >= 4 is 28.9 Å². The van der Waals surface area contributed by atoms with Crippen LogP contribution < -0.4 is 10.1 Å². The summed E-state index contributed by atoms with van der Waals surface area (Å²) in [4.78, 5) is 0. The zero-order valence-electron chi connectivity index (χ0n) is 10.2. The molecular formula is C14H12Cl2FNO. The Morgan fingerprint density at radius 2 is 2.00 bits per heavy atom. The number of nitrogens with one attached hydrogen (secondary N) is 1. The summed E-state index contributed by atoms with van der Waals surface area (Å²) in [6, 6.07) is 10.1. The van der Waals surface area contributed by atoms with Gasteiger partial charge in [0.2, 0.25) is 0 Å². The van der Waals surface area contributed by atoms with Gasteiger partial charge < -0.3 is 10.1 Å². The van der Waals surface area contributed by atoms with E-state index in [0.29, 0.717) is 27.8 Å². The first-order chi connectivity index (χ1) is 9.11. The third-order valence-electron chi connectivity index (χ3n) is 2.66. The van der Waals surface area contributed by atoms with Crippen LogP contribution in [0.5, 0.6) is 5.75 Å². The first-order valence-corrected chi connectivity index (χ1v) is 6.37. The second kappa shape index (κ2) is 6.13. The van der Waals surface area contributed by atoms with Crippen LogP contribution in [0.1, 0.15) is 5.56 Å². The van der Waals surface area contributed by atoms with E-state index in [2.05, 4.69) is 5.32 Å². The van der Waals surface area contributed by atoms with E-state index in [1.54, 1.807) is 36.4 Å². The van der Waals surface area contributed by atoms with Gasteiger partial charge in [0.25, 0.3) is 0 Å². The second-order valence-electron chi connectivity index (χ2n) is 3.91. The summed E-state index contributed by atoms with van der Waals surface area (Å²) in [7, 11) is 1.44. The van der Waals surface area contributed by atoms with Crippen LogP contribution in [0.15, 0.2) is 36.4 Å². The van der Waals surface area contributed by atoms with Crippen molar-refractivity contribution in [3.8, 4) is 5.75 Å². The highest BCUT2D eigenvalue weighted by Gasteiger charge is 2.08. The third-order valence-corrected chi connectivity index (χ3v) is 3.21. The lowest BCUT2D eigenvalue weighted by atomic mass is 10.2. The fourth-order valence-corrected chi connectivity index (χ4v) is 2.15. The molecule has 0 spiro atoms. The number of halogens is 3. The van der Waals surface area contributed by atoms with Crippen LogP contribution in [0, 0.1) is 5.82 Å². The van der Waals surface area contributed by atoms with Gasteiger partial charge in [0.15, 0.2) is 11.6 Å². The van der Waals surface area contributed by atoms with Crippen molar-refractivity contribution < 1.29 is 9.13 Å². The van der Waals surface area contributed by atoms with Crippen LogP contribution in [-0.2, 0) is 6.54 Å². The molecule has 2 nitrogen and oxygen atoms in total. The molecule has 0 aromatic heterocycles. The van der Waals surface area contributed by atoms with Crippen LogP contribution in [0.2, 0.25) is 10.0 Å². The molecule has 0 aliphatic rings. The van der Waals surface area contributed by atoms with E-state index in [1.807, 2.05) is 0 Å². The molecule has 0 saturated carbocycles. The standard InChI is InChI=1S/C14H12Cl2FNO/c1-19-13-4-2-3-9(14(13)17)8-18-12-6-5-10(15)7-11(12)16/h2-7,18H,8H2,1H3. The number of anilines is 1. The van der Waals surface area contributed by atoms with E-state index >= 15 is 0 Å². The van der Waals surface area contributed by atoms with E-state index in [9.17, 15) is 4.39 Å². The highest BCUT2D eigenvalue weighted by Crippen LogP contribution is 2.27. The lowest BCUT2D eigenvalue weighted by molar-refractivity contribution is 0.384. The van der Waals surface area contributed by atoms with Crippen molar-refractivity contribution in [2.75, 3.05) is 12.4 Å². The van der Waals surface area contributed by atoms with Crippen molar-refractivity contribution in [2.45, 2.75) is 6.54 Å². The first-order valence-electron chi connectivity index (χ1n) is 5.62. The summed E-state index contributed by atoms with van der Waals surface area (Å²) in [6.07, 6.45) is 0. The maximum Gasteiger partial charge on any atom is 0.170 e. The molecular weight excluding hydrogens is 288 g/mol. The molecule has 19 heavy (non-hydrogen) atoms. The van der Waals surface area contributed by atoms with Crippen molar-refractivity contribution in [1.29, 1.82) is 0 Å². The smallest absolute Gasteiger partial charge is 0.170 e. The maximum absolute atomic E-state index is 13.9. The van der Waals surface area contributed by atoms with Gasteiger partial charge >= 0.3 is 0 Å². The quantitative estimate of drug-likeness (QED) is 0.879. The number of benzene rings is 2. The van der Waals surface area contributed by atoms with E-state index in [-0.39, 0.29) is 11.6 Å². The predicted octanol–water partition coefficient (Wildman–Crippen LogP) is 4.75. The largest absolute Gasteiger partial charge is 0.494 e. The average Bonchev–Trinajstić information content (AvgIpc) is 2.39. The van der Waals surface area contributed by atoms with Crippen LogP contribution in [-0.4, -0.2) is 7.11 Å². The summed E-state index contributed by atoms with van der Waals surface area (Å²) < 4.78 is 18.9. The molecule has 0 aliphatic heterocycles. The molecule has 2 rings (SSSR count). The highest BCUT2D eigenvalue weighted by molar-refractivity contribution is 6.36. The normalized spacial score (nSPS) is 10.3. The molecule has 100 valence electrons. The number of ether oxygens (including phenoxy) is 1. The van der Waals surface area contributed by atoms with Gasteiger partial charge in [-0.3, -0.25) is 0 Å². The Labute approximate surface area is 121 Å². The molecule has 0 radical (unpaired) electrons. The number of rotatable bonds is 4. The van der Waals surface area contributed by atoms with Gasteiger partial charge in [-0.1, -0.05) is 35.3 Å². The molecule has 0 unspecified atom stereocenters. The van der Waals surface area contributed by atoms with Gasteiger partial charge in [-0.05, 0) is 24.3 Å². The molecule has 0 fully saturated rings. The molecule has 1 N–H and O–H groups in total. The molecule has 2 aromatic carbocycles. The Bertz CT molecular complexity index is 590. The van der Waals surface area contributed by atoms with Gasteiger partial charge in [-0.15, -0.1) is 0 Å². The topological polar surface area (TPSA) is 21.3 Å². The minimum absolute atomic E-state index is 0.224. The van der Waals surface area contributed by atoms with E-state index in [1.165, 1.54) is 7.11 Å². The third kappa shape index (κ3) is 3.31. The summed E-state index contributed by atoms with van der Waals surface area (Å²) in [5.41, 5.74) is 1.21. The summed E-state index contributed by atoms with van der Waals surface area (Å²) in [5.74, 6) is -0.149. The number of hydrogen-bond acceptors (Lipinski definition) is 2. The lowest BCUT2D eigenvalue weighted by Crippen LogP contribution is -2.03. The van der Waals surface area contributed by atoms with Crippen LogP contribution >= 0.6 is 23.2 Å². The molecule has 0 saturated heterocycles. The maximum atomic E-state index is 13.9. The minimum Gasteiger partial charge on any atom is -0.494 e. The second-order valence-corrected chi connectivity index (χ2v) is 4.75. The van der Waals surface area contributed by atoms with Gasteiger partial charge in [0, 0.05) is 17.1 Å². The van der Waals surface area contributed by atoms with E-state index < -0.39 is 0 Å². The van der Waals surface area contributed by atoms with Gasteiger partial charge in [0.05, 0.1) is 17.8 Å². The fourth-order valence-electron chi connectivity index (χ4n) is 1.67. The number of methoxy groups -OCH3 is 1. The molecule has 2 aromatic rings. The molecule has 0 atom stereocenters. The zero-order chi connectivity index (χ0) is 13.8. The Kier molecular flexibility index (Phi) is 4.51. The van der Waals surface area contributed by atoms with Crippen LogP contribution in [0.4, 0.5) is 10.1 Å². The number of hydrogen-bond donors (Lipinski definition) is 1. The van der Waals surface area contributed by atoms with Gasteiger partial charge in [-0.2, -0.15) is 0 Å². The van der Waals surface area contributed by atoms with Crippen LogP contribution in [0.25, 0.3) is 0 Å². The van der Waals surface area contributed by atoms with E-state index in [0.717, 1.165) is 0 Å². The summed E-state index contributed by atoms with van der Waals surface area (Å²) >= 11 is 11.8. The highest BCUT2D eigenvalue weighted by atomic mass is 35.5. The van der Waals surface area contributed by atoms with E-state index in [4.69, 9.17) is 27.9 Å². The van der Waals surface area contributed by atoms with Gasteiger partial charge in [-0.25, -0.2) is 4.39 Å². The van der Waals surface area contributed by atoms with Crippen molar-refractivity contribution in [1.82, 2.24) is 0 Å². The lowest BCUT2D eigenvalue weighted by Gasteiger charge is -2.11. The fraction of sp³-hybridized carbons (Fsp3) is 0.143. The Balaban J connectivity index is 2.14. The Morgan fingerprint density at radius 3 is 2.68 bits per heavy atom. The molecule has 0 aliphatic carbocycles.